The Morgan fingerprint density at radius 1 is 1.38 bits per heavy atom. The van der Waals surface area contributed by atoms with E-state index in [9.17, 15) is 4.39 Å². The van der Waals surface area contributed by atoms with Gasteiger partial charge in [-0.05, 0) is 42.5 Å². The van der Waals surface area contributed by atoms with E-state index in [0.29, 0.717) is 5.92 Å². The molecule has 2 rings (SSSR count). The van der Waals surface area contributed by atoms with Gasteiger partial charge < -0.3 is 5.73 Å². The summed E-state index contributed by atoms with van der Waals surface area (Å²) in [5, 5.41) is 0. The van der Waals surface area contributed by atoms with Gasteiger partial charge in [0.05, 0.1) is 0 Å². The van der Waals surface area contributed by atoms with Crippen molar-refractivity contribution in [3.63, 3.8) is 0 Å². The standard InChI is InChI=1S/C10H11BrFN/c11-8-3-7(4-9(12)5-8)10(13)6-1-2-6/h3-6,10H,1-2,13H2. The summed E-state index contributed by atoms with van der Waals surface area (Å²) in [6, 6.07) is 4.87. The van der Waals surface area contributed by atoms with E-state index < -0.39 is 0 Å². The Hall–Kier alpha value is -0.410. The van der Waals surface area contributed by atoms with Gasteiger partial charge >= 0.3 is 0 Å². The molecule has 1 aliphatic carbocycles. The van der Waals surface area contributed by atoms with Crippen molar-refractivity contribution in [2.75, 3.05) is 0 Å². The summed E-state index contributed by atoms with van der Waals surface area (Å²) in [5.74, 6) is 0.342. The maximum Gasteiger partial charge on any atom is 0.124 e. The molecular weight excluding hydrogens is 233 g/mol. The lowest BCUT2D eigenvalue weighted by Gasteiger charge is -2.10. The van der Waals surface area contributed by atoms with Gasteiger partial charge in [0.15, 0.2) is 0 Å². The molecule has 0 saturated heterocycles. The number of halogens is 2. The summed E-state index contributed by atoms with van der Waals surface area (Å²) < 4.78 is 13.7. The van der Waals surface area contributed by atoms with E-state index in [1.807, 2.05) is 6.07 Å². The van der Waals surface area contributed by atoms with Crippen LogP contribution in [-0.4, -0.2) is 0 Å². The van der Waals surface area contributed by atoms with Crippen molar-refractivity contribution in [3.8, 4) is 0 Å². The third-order valence-electron chi connectivity index (χ3n) is 2.40. The maximum atomic E-state index is 13.0. The molecule has 1 saturated carbocycles. The van der Waals surface area contributed by atoms with E-state index in [0.717, 1.165) is 10.0 Å². The molecule has 0 heterocycles. The first-order valence-electron chi connectivity index (χ1n) is 4.38. The molecule has 0 radical (unpaired) electrons. The van der Waals surface area contributed by atoms with Gasteiger partial charge in [0.25, 0.3) is 0 Å². The first-order valence-corrected chi connectivity index (χ1v) is 5.17. The fourth-order valence-corrected chi connectivity index (χ4v) is 1.98. The van der Waals surface area contributed by atoms with Crippen molar-refractivity contribution in [1.82, 2.24) is 0 Å². The highest BCUT2D eigenvalue weighted by atomic mass is 79.9. The first-order chi connectivity index (χ1) is 6.16. The number of rotatable bonds is 2. The van der Waals surface area contributed by atoms with Gasteiger partial charge in [-0.3, -0.25) is 0 Å². The largest absolute Gasteiger partial charge is 0.324 e. The quantitative estimate of drug-likeness (QED) is 0.850. The van der Waals surface area contributed by atoms with Gasteiger partial charge in [0, 0.05) is 10.5 Å². The summed E-state index contributed by atoms with van der Waals surface area (Å²) >= 11 is 3.26. The van der Waals surface area contributed by atoms with Gasteiger partial charge in [-0.15, -0.1) is 0 Å². The fourth-order valence-electron chi connectivity index (χ4n) is 1.50. The van der Waals surface area contributed by atoms with Gasteiger partial charge in [0.1, 0.15) is 5.82 Å². The lowest BCUT2D eigenvalue weighted by atomic mass is 10.0. The molecule has 1 aliphatic rings. The van der Waals surface area contributed by atoms with Gasteiger partial charge in [0.2, 0.25) is 0 Å². The first kappa shape index (κ1) is 9.16. The lowest BCUT2D eigenvalue weighted by Crippen LogP contribution is -2.12. The Morgan fingerprint density at radius 2 is 2.08 bits per heavy atom. The summed E-state index contributed by atoms with van der Waals surface area (Å²) in [5.41, 5.74) is 6.85. The number of nitrogens with two attached hydrogens (primary N) is 1. The Morgan fingerprint density at radius 3 is 2.62 bits per heavy atom. The highest BCUT2D eigenvalue weighted by Crippen LogP contribution is 2.39. The lowest BCUT2D eigenvalue weighted by molar-refractivity contribution is 0.600. The predicted octanol–water partition coefficient (Wildman–Crippen LogP) is 3.00. The monoisotopic (exact) mass is 243 g/mol. The Balaban J connectivity index is 2.27. The highest BCUT2D eigenvalue weighted by Gasteiger charge is 2.29. The molecule has 1 fully saturated rings. The molecule has 1 atom stereocenters. The van der Waals surface area contributed by atoms with Crippen molar-refractivity contribution >= 4 is 15.9 Å². The van der Waals surface area contributed by atoms with Gasteiger partial charge in [-0.1, -0.05) is 15.9 Å². The van der Waals surface area contributed by atoms with Crippen molar-refractivity contribution < 1.29 is 4.39 Å². The zero-order chi connectivity index (χ0) is 9.42. The average molecular weight is 244 g/mol. The molecule has 13 heavy (non-hydrogen) atoms. The number of hydrogen-bond donors (Lipinski definition) is 1. The molecule has 1 aromatic carbocycles. The molecular formula is C10H11BrFN. The Kier molecular flexibility index (Phi) is 2.39. The van der Waals surface area contributed by atoms with Crippen LogP contribution >= 0.6 is 15.9 Å². The molecule has 3 heteroatoms. The van der Waals surface area contributed by atoms with Crippen LogP contribution in [0, 0.1) is 11.7 Å². The maximum absolute atomic E-state index is 13.0. The van der Waals surface area contributed by atoms with E-state index in [1.54, 1.807) is 0 Å². The van der Waals surface area contributed by atoms with Crippen molar-refractivity contribution in [1.29, 1.82) is 0 Å². The van der Waals surface area contributed by atoms with Crippen molar-refractivity contribution in [3.05, 3.63) is 34.1 Å². The highest BCUT2D eigenvalue weighted by molar-refractivity contribution is 9.10. The molecule has 2 N–H and O–H groups in total. The second-order valence-electron chi connectivity index (χ2n) is 3.57. The van der Waals surface area contributed by atoms with E-state index in [4.69, 9.17) is 5.73 Å². The minimum Gasteiger partial charge on any atom is -0.324 e. The molecule has 1 unspecified atom stereocenters. The normalized spacial score (nSPS) is 18.7. The zero-order valence-corrected chi connectivity index (χ0v) is 8.72. The summed E-state index contributed by atoms with van der Waals surface area (Å²) in [4.78, 5) is 0. The smallest absolute Gasteiger partial charge is 0.124 e. The van der Waals surface area contributed by atoms with Crippen LogP contribution in [0.5, 0.6) is 0 Å². The Labute approximate surface area is 85.3 Å². The topological polar surface area (TPSA) is 26.0 Å². The second-order valence-corrected chi connectivity index (χ2v) is 4.48. The van der Waals surface area contributed by atoms with Crippen LogP contribution in [0.15, 0.2) is 22.7 Å². The molecule has 0 aliphatic heterocycles. The number of benzene rings is 1. The predicted molar refractivity (Wildman–Crippen MR) is 53.8 cm³/mol. The minimum atomic E-state index is -0.222. The minimum absolute atomic E-state index is 0.00648. The average Bonchev–Trinajstić information content (AvgIpc) is 2.83. The summed E-state index contributed by atoms with van der Waals surface area (Å²) in [7, 11) is 0. The van der Waals surface area contributed by atoms with Crippen LogP contribution in [0.3, 0.4) is 0 Å². The molecule has 70 valence electrons. The number of hydrogen-bond acceptors (Lipinski definition) is 1. The van der Waals surface area contributed by atoms with Crippen molar-refractivity contribution in [2.24, 2.45) is 11.7 Å². The van der Waals surface area contributed by atoms with Crippen LogP contribution < -0.4 is 5.73 Å². The van der Waals surface area contributed by atoms with Gasteiger partial charge in [-0.25, -0.2) is 4.39 Å². The molecule has 0 bridgehead atoms. The zero-order valence-electron chi connectivity index (χ0n) is 7.13. The fraction of sp³-hybridized carbons (Fsp3) is 0.400. The summed E-state index contributed by atoms with van der Waals surface area (Å²) in [6.07, 6.45) is 2.35. The van der Waals surface area contributed by atoms with Gasteiger partial charge in [-0.2, -0.15) is 0 Å². The van der Waals surface area contributed by atoms with E-state index in [2.05, 4.69) is 15.9 Å². The van der Waals surface area contributed by atoms with E-state index in [-0.39, 0.29) is 11.9 Å². The molecule has 0 amide bonds. The summed E-state index contributed by atoms with van der Waals surface area (Å²) in [6.45, 7) is 0. The molecule has 0 spiro atoms. The van der Waals surface area contributed by atoms with E-state index >= 15 is 0 Å². The van der Waals surface area contributed by atoms with Crippen LogP contribution in [0.1, 0.15) is 24.4 Å². The van der Waals surface area contributed by atoms with E-state index in [1.165, 1.54) is 25.0 Å². The Bertz CT molecular complexity index is 302. The SMILES string of the molecule is NC(c1cc(F)cc(Br)c1)C1CC1. The third kappa shape index (κ3) is 2.09. The molecule has 0 aromatic heterocycles. The molecule has 1 aromatic rings. The van der Waals surface area contributed by atoms with Crippen LogP contribution in [0.2, 0.25) is 0 Å². The second kappa shape index (κ2) is 3.39. The van der Waals surface area contributed by atoms with Crippen LogP contribution in [0.25, 0.3) is 0 Å². The van der Waals surface area contributed by atoms with Crippen molar-refractivity contribution in [2.45, 2.75) is 18.9 Å². The van der Waals surface area contributed by atoms with Crippen LogP contribution in [-0.2, 0) is 0 Å². The van der Waals surface area contributed by atoms with Crippen LogP contribution in [0.4, 0.5) is 4.39 Å². The molecule has 1 nitrogen and oxygen atoms in total. The third-order valence-corrected chi connectivity index (χ3v) is 2.86.